The van der Waals surface area contributed by atoms with Gasteiger partial charge in [-0.1, -0.05) is 60.7 Å². The zero-order valence-electron chi connectivity index (χ0n) is 17.4. The maximum atomic E-state index is 12.9. The Labute approximate surface area is 210 Å². The van der Waals surface area contributed by atoms with Crippen molar-refractivity contribution in [3.8, 4) is 0 Å². The van der Waals surface area contributed by atoms with E-state index in [0.29, 0.717) is 37.0 Å². The fraction of sp³-hybridized carbons (Fsp3) is 0.304. The van der Waals surface area contributed by atoms with Crippen molar-refractivity contribution in [3.05, 3.63) is 86.1 Å². The minimum Gasteiger partial charge on any atom is -0.367 e. The number of nitrogens with zero attached hydrogens (tertiary/aromatic N) is 2. The molecule has 0 amide bonds. The first-order chi connectivity index (χ1) is 15.4. The summed E-state index contributed by atoms with van der Waals surface area (Å²) in [6.45, 7) is 3.69. The second-order valence-corrected chi connectivity index (χ2v) is 12.9. The van der Waals surface area contributed by atoms with Crippen molar-refractivity contribution in [2.24, 2.45) is 0 Å². The summed E-state index contributed by atoms with van der Waals surface area (Å²) in [6, 6.07) is 22.1. The molecule has 0 N–H and O–H groups in total. The van der Waals surface area contributed by atoms with Gasteiger partial charge in [0.1, 0.15) is 10.3 Å². The Balaban J connectivity index is 1.32. The molecule has 0 bridgehead atoms. The Morgan fingerprint density at radius 1 is 0.906 bits per heavy atom. The molecule has 32 heavy (non-hydrogen) atoms. The molecule has 170 valence electrons. The first-order valence-electron chi connectivity index (χ1n) is 10.3. The lowest BCUT2D eigenvalue weighted by atomic mass is 10.0. The van der Waals surface area contributed by atoms with Gasteiger partial charge in [0.25, 0.3) is 10.0 Å². The van der Waals surface area contributed by atoms with Crippen LogP contribution in [0.2, 0.25) is 0 Å². The Bertz CT molecular complexity index is 1060. The fourth-order valence-corrected chi connectivity index (χ4v) is 8.11. The molecule has 3 aromatic rings. The summed E-state index contributed by atoms with van der Waals surface area (Å²) in [5.74, 6) is 0. The number of thiophene rings is 1. The molecule has 4 rings (SSSR count). The highest BCUT2D eigenvalue weighted by Crippen LogP contribution is 2.36. The van der Waals surface area contributed by atoms with E-state index >= 15 is 0 Å². The topological polar surface area (TPSA) is 49.9 Å². The van der Waals surface area contributed by atoms with Crippen LogP contribution in [0.15, 0.2) is 79.2 Å². The third kappa shape index (κ3) is 5.70. The predicted octanol–water partition coefficient (Wildman–Crippen LogP) is 5.39. The van der Waals surface area contributed by atoms with Gasteiger partial charge in [0, 0.05) is 37.2 Å². The van der Waals surface area contributed by atoms with Crippen LogP contribution in [-0.4, -0.2) is 57.0 Å². The number of piperazine rings is 1. The summed E-state index contributed by atoms with van der Waals surface area (Å²) < 4.78 is 35.7. The van der Waals surface area contributed by atoms with Crippen LogP contribution in [0.5, 0.6) is 0 Å². The first-order valence-corrected chi connectivity index (χ1v) is 14.2. The van der Waals surface area contributed by atoms with Gasteiger partial charge in [-0.25, -0.2) is 8.42 Å². The summed E-state index contributed by atoms with van der Waals surface area (Å²) >= 11 is 7.99. The molecule has 5 nitrogen and oxygen atoms in total. The molecular formula is C23H24Br2N2O3S2. The SMILES string of the molecule is O=S(=O)(c1cc(Br)c(Br)s1)N1CCN(CCOC(c2ccccc2)c2ccccc2)CC1. The van der Waals surface area contributed by atoms with E-state index in [0.717, 1.165) is 25.9 Å². The molecule has 0 unspecified atom stereocenters. The highest BCUT2D eigenvalue weighted by molar-refractivity contribution is 9.13. The molecule has 1 aliphatic rings. The number of rotatable bonds is 8. The van der Waals surface area contributed by atoms with E-state index in [-0.39, 0.29) is 6.10 Å². The molecule has 2 aromatic carbocycles. The van der Waals surface area contributed by atoms with Gasteiger partial charge in [0.2, 0.25) is 0 Å². The van der Waals surface area contributed by atoms with Gasteiger partial charge in [-0.2, -0.15) is 4.31 Å². The summed E-state index contributed by atoms with van der Waals surface area (Å²) in [5, 5.41) is 0. The maximum Gasteiger partial charge on any atom is 0.252 e. The number of halogens is 2. The van der Waals surface area contributed by atoms with Crippen molar-refractivity contribution in [3.63, 3.8) is 0 Å². The zero-order chi connectivity index (χ0) is 22.6. The van der Waals surface area contributed by atoms with Crippen LogP contribution in [-0.2, 0) is 14.8 Å². The van der Waals surface area contributed by atoms with Crippen LogP contribution in [0.3, 0.4) is 0 Å². The minimum absolute atomic E-state index is 0.116. The van der Waals surface area contributed by atoms with Crippen LogP contribution in [0, 0.1) is 0 Å². The summed E-state index contributed by atoms with van der Waals surface area (Å²) in [4.78, 5) is 2.26. The molecule has 0 radical (unpaired) electrons. The van der Waals surface area contributed by atoms with Crippen LogP contribution < -0.4 is 0 Å². The Kier molecular flexibility index (Phi) is 8.20. The molecule has 0 saturated carbocycles. The van der Waals surface area contributed by atoms with E-state index in [1.54, 1.807) is 10.4 Å². The quantitative estimate of drug-likeness (QED) is 0.349. The lowest BCUT2D eigenvalue weighted by molar-refractivity contribution is 0.0527. The molecule has 0 atom stereocenters. The molecule has 2 heterocycles. The molecule has 1 fully saturated rings. The van der Waals surface area contributed by atoms with Crippen molar-refractivity contribution in [1.82, 2.24) is 9.21 Å². The van der Waals surface area contributed by atoms with E-state index in [1.807, 2.05) is 36.4 Å². The molecule has 0 spiro atoms. The first kappa shape index (κ1) is 24.1. The van der Waals surface area contributed by atoms with Crippen LogP contribution in [0.25, 0.3) is 0 Å². The van der Waals surface area contributed by atoms with Crippen molar-refractivity contribution < 1.29 is 13.2 Å². The van der Waals surface area contributed by atoms with E-state index in [9.17, 15) is 8.42 Å². The number of sulfonamides is 1. The van der Waals surface area contributed by atoms with Crippen molar-refractivity contribution in [2.75, 3.05) is 39.3 Å². The highest BCUT2D eigenvalue weighted by Gasteiger charge is 2.30. The smallest absolute Gasteiger partial charge is 0.252 e. The summed E-state index contributed by atoms with van der Waals surface area (Å²) in [6.07, 6.45) is -0.116. The van der Waals surface area contributed by atoms with Gasteiger partial charge in [-0.3, -0.25) is 4.90 Å². The Morgan fingerprint density at radius 2 is 1.47 bits per heavy atom. The summed E-state index contributed by atoms with van der Waals surface area (Å²) in [5.41, 5.74) is 2.26. The van der Waals surface area contributed by atoms with Crippen molar-refractivity contribution in [2.45, 2.75) is 10.3 Å². The highest BCUT2D eigenvalue weighted by atomic mass is 79.9. The second kappa shape index (κ2) is 10.9. The lowest BCUT2D eigenvalue weighted by Crippen LogP contribution is -2.49. The molecule has 1 aliphatic heterocycles. The molecule has 1 aromatic heterocycles. The molecule has 9 heteroatoms. The number of hydrogen-bond donors (Lipinski definition) is 0. The van der Waals surface area contributed by atoms with Crippen LogP contribution in [0.1, 0.15) is 17.2 Å². The van der Waals surface area contributed by atoms with E-state index < -0.39 is 10.0 Å². The van der Waals surface area contributed by atoms with Gasteiger partial charge in [-0.15, -0.1) is 11.3 Å². The van der Waals surface area contributed by atoms with Gasteiger partial charge < -0.3 is 4.74 Å². The molecule has 1 saturated heterocycles. The standard InChI is InChI=1S/C23H24Br2N2O3S2/c24-20-17-21(31-23(20)25)32(28,29)27-13-11-26(12-14-27)15-16-30-22(18-7-3-1-4-8-18)19-9-5-2-6-10-19/h1-10,17,22H,11-16H2. The fourth-order valence-electron chi connectivity index (χ4n) is 3.71. The molecule has 0 aliphatic carbocycles. The normalized spacial score (nSPS) is 16.0. The average Bonchev–Trinajstić information content (AvgIpc) is 3.17. The molecular weight excluding hydrogens is 576 g/mol. The maximum absolute atomic E-state index is 12.9. The van der Waals surface area contributed by atoms with Crippen molar-refractivity contribution in [1.29, 1.82) is 0 Å². The third-order valence-corrected chi connectivity index (χ3v) is 11.0. The zero-order valence-corrected chi connectivity index (χ0v) is 22.2. The van der Waals surface area contributed by atoms with Crippen LogP contribution in [0.4, 0.5) is 0 Å². The predicted molar refractivity (Wildman–Crippen MR) is 136 cm³/mol. The third-order valence-electron chi connectivity index (χ3n) is 5.44. The van der Waals surface area contributed by atoms with E-state index in [4.69, 9.17) is 4.74 Å². The van der Waals surface area contributed by atoms with Gasteiger partial charge in [-0.05, 0) is 49.1 Å². The van der Waals surface area contributed by atoms with Gasteiger partial charge in [0.15, 0.2) is 0 Å². The van der Waals surface area contributed by atoms with Crippen LogP contribution >= 0.6 is 43.2 Å². The average molecular weight is 600 g/mol. The largest absolute Gasteiger partial charge is 0.367 e. The monoisotopic (exact) mass is 598 g/mol. The number of ether oxygens (including phenoxy) is 1. The minimum atomic E-state index is -3.46. The van der Waals surface area contributed by atoms with Gasteiger partial charge >= 0.3 is 0 Å². The van der Waals surface area contributed by atoms with Gasteiger partial charge in [0.05, 0.1) is 10.4 Å². The lowest BCUT2D eigenvalue weighted by Gasteiger charge is -2.33. The second-order valence-electron chi connectivity index (χ2n) is 7.51. The number of hydrogen-bond acceptors (Lipinski definition) is 5. The van der Waals surface area contributed by atoms with E-state index in [2.05, 4.69) is 61.0 Å². The Morgan fingerprint density at radius 3 is 1.97 bits per heavy atom. The number of benzene rings is 2. The Hall–Kier alpha value is -1.07. The van der Waals surface area contributed by atoms with Crippen molar-refractivity contribution >= 4 is 53.2 Å². The summed E-state index contributed by atoms with van der Waals surface area (Å²) in [7, 11) is -3.46. The van der Waals surface area contributed by atoms with E-state index in [1.165, 1.54) is 11.3 Å².